The van der Waals surface area contributed by atoms with Crippen molar-refractivity contribution < 1.29 is 30.0 Å². The van der Waals surface area contributed by atoms with Gasteiger partial charge in [-0.3, -0.25) is 4.98 Å². The van der Waals surface area contributed by atoms with Gasteiger partial charge in [-0.2, -0.15) is 0 Å². The van der Waals surface area contributed by atoms with Crippen LogP contribution >= 0.6 is 0 Å². The summed E-state index contributed by atoms with van der Waals surface area (Å²) in [5.74, 6) is 6.89. The van der Waals surface area contributed by atoms with E-state index in [9.17, 15) is 0 Å². The molecule has 6 heteroatoms. The minimum absolute atomic E-state index is 0. The van der Waals surface area contributed by atoms with Crippen molar-refractivity contribution in [2.45, 2.75) is 63.2 Å². The third-order valence-electron chi connectivity index (χ3n) is 12.5. The summed E-state index contributed by atoms with van der Waals surface area (Å²) < 4.78 is 42.0. The SMILES string of the molecule is CC(C)(C)c1cccc(-c2ccccc2)c1-n1c(-c2[c-]ccc3c2oc2cc(-c4ccccc4)ccc23)nc2cc3ccccc3cc21.[2H]c1[c-]c(-c2cc(C([2H])(C)C)[c]([Ge]([CH3])([CH3])[CH3])cn2)cc([2H])c1[2H].[Ir]. The van der Waals surface area contributed by atoms with Gasteiger partial charge in [0.2, 0.25) is 0 Å². The molecule has 0 N–H and O–H groups in total. The minimum atomic E-state index is -2.17. The summed E-state index contributed by atoms with van der Waals surface area (Å²) in [6, 6.07) is 61.0. The van der Waals surface area contributed by atoms with Crippen molar-refractivity contribution in [2.24, 2.45) is 0 Å². The summed E-state index contributed by atoms with van der Waals surface area (Å²) in [6.07, 6.45) is 1.86. The summed E-state index contributed by atoms with van der Waals surface area (Å²) in [5.41, 5.74) is 13.4. The predicted octanol–water partition coefficient (Wildman–Crippen LogP) is 16.4. The Balaban J connectivity index is 0.000000226. The van der Waals surface area contributed by atoms with Gasteiger partial charge in [-0.25, -0.2) is 0 Å². The molecule has 0 amide bonds. The number of pyridine rings is 1. The fourth-order valence-electron chi connectivity index (χ4n) is 9.15. The molecule has 4 nitrogen and oxygen atoms in total. The van der Waals surface area contributed by atoms with E-state index in [4.69, 9.17) is 14.9 Å². The predicted molar refractivity (Wildman–Crippen MR) is 285 cm³/mol. The second-order valence-electron chi connectivity index (χ2n) is 19.5. The molecule has 0 atom stereocenters. The zero-order valence-electron chi connectivity index (χ0n) is 43.7. The van der Waals surface area contributed by atoms with E-state index >= 15 is 0 Å². The van der Waals surface area contributed by atoms with Crippen LogP contribution in [0.4, 0.5) is 0 Å². The number of nitrogens with zero attached hydrogens (tertiary/aromatic N) is 3. The molecule has 0 bridgehead atoms. The summed E-state index contributed by atoms with van der Waals surface area (Å²) in [7, 11) is 0. The van der Waals surface area contributed by atoms with E-state index in [2.05, 4.69) is 193 Å². The van der Waals surface area contributed by atoms with Crippen LogP contribution in [0.5, 0.6) is 0 Å². The van der Waals surface area contributed by atoms with E-state index < -0.39 is 19.2 Å². The smallest absolute Gasteiger partial charge is 0 e. The van der Waals surface area contributed by atoms with Crippen LogP contribution in [-0.4, -0.2) is 27.8 Å². The van der Waals surface area contributed by atoms with Crippen LogP contribution in [0.2, 0.25) is 17.3 Å². The second-order valence-corrected chi connectivity index (χ2v) is 30.1. The van der Waals surface area contributed by atoms with Crippen molar-refractivity contribution >= 4 is 61.4 Å². The van der Waals surface area contributed by atoms with Crippen molar-refractivity contribution in [1.82, 2.24) is 14.5 Å². The molecule has 339 valence electrons. The molecule has 0 unspecified atom stereocenters. The van der Waals surface area contributed by atoms with Crippen LogP contribution in [0, 0.1) is 12.1 Å². The third-order valence-corrected chi connectivity index (χ3v) is 16.7. The molecular weight excluding hydrogens is 1070 g/mol. The number of furan rings is 1. The van der Waals surface area contributed by atoms with Gasteiger partial charge in [-0.05, 0) is 56.6 Å². The minimum Gasteiger partial charge on any atom is 0 e. The molecule has 0 fully saturated rings. The molecule has 0 aliphatic rings. The first-order valence-electron chi connectivity index (χ1n) is 24.9. The molecule has 11 rings (SSSR count). The second kappa shape index (κ2) is 19.0. The maximum absolute atomic E-state index is 8.46. The van der Waals surface area contributed by atoms with Crippen molar-refractivity contribution in [3.05, 3.63) is 205 Å². The first-order valence-corrected chi connectivity index (χ1v) is 30.2. The van der Waals surface area contributed by atoms with Gasteiger partial charge in [-0.1, -0.05) is 147 Å². The maximum atomic E-state index is 8.46. The van der Waals surface area contributed by atoms with E-state index in [1.54, 1.807) is 0 Å². The van der Waals surface area contributed by atoms with Gasteiger partial charge >= 0.3 is 124 Å². The average Bonchev–Trinajstić information content (AvgIpc) is 3.92. The first-order chi connectivity index (χ1) is 33.8. The Morgan fingerprint density at radius 1 is 0.706 bits per heavy atom. The van der Waals surface area contributed by atoms with Gasteiger partial charge in [0.1, 0.15) is 5.58 Å². The topological polar surface area (TPSA) is 43.9 Å². The number of imidazole rings is 1. The molecule has 1 radical (unpaired) electrons. The quantitative estimate of drug-likeness (QED) is 0.118. The van der Waals surface area contributed by atoms with Crippen LogP contribution in [0.15, 0.2) is 186 Å². The molecule has 0 aliphatic carbocycles. The van der Waals surface area contributed by atoms with Gasteiger partial charge < -0.3 is 8.98 Å². The number of hydrogen-bond acceptors (Lipinski definition) is 3. The maximum Gasteiger partial charge on any atom is 0 e. The average molecular weight is 1130 g/mol. The van der Waals surface area contributed by atoms with Crippen LogP contribution in [0.3, 0.4) is 0 Å². The molecule has 0 spiro atoms. The molecule has 0 saturated heterocycles. The number of hydrogen-bond donors (Lipinski definition) is 0. The Bertz CT molecular complexity index is 3790. The van der Waals surface area contributed by atoms with Gasteiger partial charge in [-0.15, -0.1) is 18.2 Å². The van der Waals surface area contributed by atoms with Gasteiger partial charge in [0.15, 0.2) is 0 Å². The van der Waals surface area contributed by atoms with Gasteiger partial charge in [0, 0.05) is 31.1 Å². The first kappa shape index (κ1) is 41.8. The third kappa shape index (κ3) is 9.03. The van der Waals surface area contributed by atoms with E-state index in [1.165, 1.54) is 21.4 Å². The Hall–Kier alpha value is -6.37. The number of rotatable bonds is 7. The van der Waals surface area contributed by atoms with Gasteiger partial charge in [0.25, 0.3) is 0 Å². The fraction of sp³-hybridized carbons (Fsp3) is 0.161. The largest absolute Gasteiger partial charge is 0 e. The van der Waals surface area contributed by atoms with E-state index in [1.807, 2.05) is 38.2 Å². The van der Waals surface area contributed by atoms with Crippen LogP contribution in [0.25, 0.3) is 94.3 Å². The number of fused-ring (bicyclic) bond motifs is 5. The summed E-state index contributed by atoms with van der Waals surface area (Å²) >= 11 is -2.17. The Labute approximate surface area is 422 Å². The van der Waals surface area contributed by atoms with Crippen LogP contribution in [-0.2, 0) is 25.5 Å². The Morgan fingerprint density at radius 3 is 2.10 bits per heavy atom. The molecule has 0 saturated carbocycles. The van der Waals surface area contributed by atoms with Crippen molar-refractivity contribution in [3.8, 4) is 50.6 Å². The van der Waals surface area contributed by atoms with Crippen LogP contribution < -0.4 is 4.40 Å². The van der Waals surface area contributed by atoms with E-state index in [0.717, 1.165) is 83.3 Å². The Morgan fingerprint density at radius 2 is 1.41 bits per heavy atom. The molecule has 11 aromatic rings. The van der Waals surface area contributed by atoms with Crippen molar-refractivity contribution in [2.75, 3.05) is 0 Å². The fourth-order valence-corrected chi connectivity index (χ4v) is 12.5. The normalized spacial score (nSPS) is 12.8. The molecule has 68 heavy (non-hydrogen) atoms. The monoisotopic (exact) mass is 1130 g/mol. The molecule has 0 aliphatic heterocycles. The number of aromatic nitrogens is 3. The van der Waals surface area contributed by atoms with Gasteiger partial charge in [0.05, 0.1) is 28.1 Å². The molecule has 8 aromatic carbocycles. The standard InChI is InChI=1S/C45H33N2O.C17H22GeN.Ir/c1-45(2,3)38-23-13-20-34(30-16-8-5-9-17-30)42(38)47-40-27-32-19-11-10-18-31(32)26-39(40)46-44(47)37-22-12-21-36-35-25-24-33(28-41(35)48-43(36)37)29-14-6-4-7-15-29;1-13(2)15-11-17(14-9-7-6-8-10-14)19-12-16(15)18(3,4)5;/h4-21,23-28H,1-3H3;6-9,11-13H,1-5H3;/q2*-1;/i;6D,7D,8D,13D;. The Kier molecular flexibility index (Phi) is 11.7. The number of benzene rings is 8. The van der Waals surface area contributed by atoms with Crippen LogP contribution in [0.1, 0.15) is 57.1 Å². The summed E-state index contributed by atoms with van der Waals surface area (Å²) in [4.78, 5) is 9.93. The summed E-state index contributed by atoms with van der Waals surface area (Å²) in [5, 5.41) is 4.46. The van der Waals surface area contributed by atoms with E-state index in [0.29, 0.717) is 11.3 Å². The van der Waals surface area contributed by atoms with E-state index in [-0.39, 0.29) is 43.6 Å². The number of para-hydroxylation sites is 1. The zero-order valence-corrected chi connectivity index (χ0v) is 44.2. The molecule has 3 heterocycles. The molecule has 3 aromatic heterocycles. The molecular formula is C62H55GeIrN3O-2. The zero-order chi connectivity index (χ0) is 50.0. The van der Waals surface area contributed by atoms with Crippen molar-refractivity contribution in [1.29, 1.82) is 0 Å². The summed E-state index contributed by atoms with van der Waals surface area (Å²) in [6.45, 7) is 10.6. The van der Waals surface area contributed by atoms with Crippen molar-refractivity contribution in [3.63, 3.8) is 0 Å².